The zero-order chi connectivity index (χ0) is 18.9. The SMILES string of the molecule is COc1cc(/C=N\NC(=O)C(=O)NCCc2ccccc2)cc(Br)c1O. The molecule has 0 atom stereocenters. The van der Waals surface area contributed by atoms with Gasteiger partial charge in [0.2, 0.25) is 0 Å². The van der Waals surface area contributed by atoms with Crippen LogP contribution in [0.4, 0.5) is 0 Å². The van der Waals surface area contributed by atoms with Crippen LogP contribution in [0.1, 0.15) is 11.1 Å². The van der Waals surface area contributed by atoms with Crippen molar-refractivity contribution in [1.29, 1.82) is 0 Å². The number of hydrazone groups is 1. The fourth-order valence-electron chi connectivity index (χ4n) is 2.09. The maximum Gasteiger partial charge on any atom is 0.329 e. The predicted molar refractivity (Wildman–Crippen MR) is 101 cm³/mol. The molecule has 2 rings (SSSR count). The van der Waals surface area contributed by atoms with Crippen LogP contribution in [0.3, 0.4) is 0 Å². The Bertz CT molecular complexity index is 810. The van der Waals surface area contributed by atoms with E-state index < -0.39 is 11.8 Å². The molecule has 0 bridgehead atoms. The topological polar surface area (TPSA) is 100 Å². The predicted octanol–water partition coefficient (Wildman–Crippen LogP) is 1.97. The summed E-state index contributed by atoms with van der Waals surface area (Å²) in [7, 11) is 1.42. The van der Waals surface area contributed by atoms with E-state index in [1.54, 1.807) is 6.07 Å². The molecular formula is C18H18BrN3O4. The van der Waals surface area contributed by atoms with Crippen LogP contribution in [-0.2, 0) is 16.0 Å². The number of ether oxygens (including phenoxy) is 1. The second-order valence-electron chi connectivity index (χ2n) is 5.24. The molecule has 0 spiro atoms. The molecule has 8 heteroatoms. The van der Waals surface area contributed by atoms with Crippen molar-refractivity contribution in [3.05, 3.63) is 58.1 Å². The quantitative estimate of drug-likeness (QED) is 0.378. The van der Waals surface area contributed by atoms with Crippen LogP contribution in [0.2, 0.25) is 0 Å². The van der Waals surface area contributed by atoms with E-state index in [1.165, 1.54) is 19.4 Å². The van der Waals surface area contributed by atoms with E-state index in [0.717, 1.165) is 5.56 Å². The average molecular weight is 420 g/mol. The lowest BCUT2D eigenvalue weighted by Crippen LogP contribution is -2.38. The number of hydrogen-bond acceptors (Lipinski definition) is 5. The molecule has 7 nitrogen and oxygen atoms in total. The Balaban J connectivity index is 1.83. The first-order chi connectivity index (χ1) is 12.5. The number of halogens is 1. The summed E-state index contributed by atoms with van der Waals surface area (Å²) >= 11 is 3.19. The number of methoxy groups -OCH3 is 1. The molecule has 2 aromatic rings. The molecular weight excluding hydrogens is 402 g/mol. The van der Waals surface area contributed by atoms with Crippen LogP contribution in [0.25, 0.3) is 0 Å². The van der Waals surface area contributed by atoms with E-state index in [2.05, 4.69) is 31.8 Å². The third-order valence-corrected chi connectivity index (χ3v) is 4.00. The Kier molecular flexibility index (Phi) is 7.16. The van der Waals surface area contributed by atoms with Crippen LogP contribution in [0.15, 0.2) is 52.0 Å². The molecule has 0 aliphatic carbocycles. The lowest BCUT2D eigenvalue weighted by molar-refractivity contribution is -0.139. The summed E-state index contributed by atoms with van der Waals surface area (Å²) in [5.41, 5.74) is 3.78. The van der Waals surface area contributed by atoms with E-state index in [4.69, 9.17) is 4.74 Å². The highest BCUT2D eigenvalue weighted by Crippen LogP contribution is 2.34. The molecule has 0 heterocycles. The van der Waals surface area contributed by atoms with Gasteiger partial charge in [-0.2, -0.15) is 5.10 Å². The standard InChI is InChI=1S/C18H18BrN3O4/c1-26-15-10-13(9-14(19)16(15)23)11-21-22-18(25)17(24)20-8-7-12-5-3-2-4-6-12/h2-6,9-11,23H,7-8H2,1H3,(H,20,24)(H,22,25)/b21-11-. The molecule has 0 saturated carbocycles. The number of hydrogen-bond donors (Lipinski definition) is 3. The van der Waals surface area contributed by atoms with Gasteiger partial charge in [0.1, 0.15) is 0 Å². The fourth-order valence-corrected chi connectivity index (χ4v) is 2.55. The molecule has 0 aromatic heterocycles. The second-order valence-corrected chi connectivity index (χ2v) is 6.10. The zero-order valence-corrected chi connectivity index (χ0v) is 15.6. The van der Waals surface area contributed by atoms with Crippen molar-refractivity contribution in [3.63, 3.8) is 0 Å². The highest BCUT2D eigenvalue weighted by molar-refractivity contribution is 9.10. The summed E-state index contributed by atoms with van der Waals surface area (Å²) in [5.74, 6) is -1.40. The second kappa shape index (κ2) is 9.57. The molecule has 0 aliphatic heterocycles. The zero-order valence-electron chi connectivity index (χ0n) is 14.0. The number of benzene rings is 2. The molecule has 0 saturated heterocycles. The minimum absolute atomic E-state index is 0.0357. The van der Waals surface area contributed by atoms with Crippen molar-refractivity contribution in [2.75, 3.05) is 13.7 Å². The largest absolute Gasteiger partial charge is 0.503 e. The Morgan fingerprint density at radius 2 is 1.96 bits per heavy atom. The van der Waals surface area contributed by atoms with Crippen LogP contribution in [0.5, 0.6) is 11.5 Å². The first kappa shape index (κ1) is 19.5. The summed E-state index contributed by atoms with van der Waals surface area (Å²) < 4.78 is 5.44. The van der Waals surface area contributed by atoms with Gasteiger partial charge in [-0.25, -0.2) is 5.43 Å². The number of carbonyl (C=O) groups excluding carboxylic acids is 2. The van der Waals surface area contributed by atoms with Gasteiger partial charge < -0.3 is 15.2 Å². The summed E-state index contributed by atoms with van der Waals surface area (Å²) in [5, 5.41) is 16.0. The highest BCUT2D eigenvalue weighted by Gasteiger charge is 2.12. The number of carbonyl (C=O) groups is 2. The molecule has 0 fully saturated rings. The van der Waals surface area contributed by atoms with Crippen molar-refractivity contribution in [2.24, 2.45) is 5.10 Å². The molecule has 3 N–H and O–H groups in total. The molecule has 26 heavy (non-hydrogen) atoms. The molecule has 0 aliphatic rings. The van der Waals surface area contributed by atoms with Gasteiger partial charge in [-0.15, -0.1) is 0 Å². The van der Waals surface area contributed by atoms with E-state index in [9.17, 15) is 14.7 Å². The number of amides is 2. The van der Waals surface area contributed by atoms with E-state index in [-0.39, 0.29) is 11.5 Å². The fraction of sp³-hybridized carbons (Fsp3) is 0.167. The Morgan fingerprint density at radius 3 is 2.65 bits per heavy atom. The van der Waals surface area contributed by atoms with Gasteiger partial charge in [0, 0.05) is 6.54 Å². The van der Waals surface area contributed by atoms with E-state index in [1.807, 2.05) is 30.3 Å². The summed E-state index contributed by atoms with van der Waals surface area (Å²) in [6.45, 7) is 0.349. The number of aromatic hydroxyl groups is 1. The van der Waals surface area contributed by atoms with Crippen molar-refractivity contribution < 1.29 is 19.4 Å². The van der Waals surface area contributed by atoms with Crippen molar-refractivity contribution >= 4 is 34.0 Å². The van der Waals surface area contributed by atoms with Gasteiger partial charge in [-0.1, -0.05) is 30.3 Å². The molecule has 2 aromatic carbocycles. The van der Waals surface area contributed by atoms with Crippen LogP contribution >= 0.6 is 15.9 Å². The minimum Gasteiger partial charge on any atom is -0.503 e. The summed E-state index contributed by atoms with van der Waals surface area (Å²) in [4.78, 5) is 23.4. The Labute approximate surface area is 159 Å². The summed E-state index contributed by atoms with van der Waals surface area (Å²) in [6, 6.07) is 12.8. The first-order valence-corrected chi connectivity index (χ1v) is 8.52. The van der Waals surface area contributed by atoms with Gasteiger partial charge in [0.05, 0.1) is 17.8 Å². The third kappa shape index (κ3) is 5.59. The van der Waals surface area contributed by atoms with Crippen molar-refractivity contribution in [3.8, 4) is 11.5 Å². The maximum atomic E-state index is 11.7. The van der Waals surface area contributed by atoms with E-state index >= 15 is 0 Å². The Hall–Kier alpha value is -2.87. The summed E-state index contributed by atoms with van der Waals surface area (Å²) in [6.07, 6.45) is 1.96. The van der Waals surface area contributed by atoms with Crippen LogP contribution < -0.4 is 15.5 Å². The van der Waals surface area contributed by atoms with Gasteiger partial charge in [-0.3, -0.25) is 9.59 Å². The number of rotatable bonds is 6. The number of nitrogens with one attached hydrogen (secondary N) is 2. The smallest absolute Gasteiger partial charge is 0.329 e. The van der Waals surface area contributed by atoms with Gasteiger partial charge >= 0.3 is 11.8 Å². The first-order valence-electron chi connectivity index (χ1n) is 7.73. The molecule has 136 valence electrons. The van der Waals surface area contributed by atoms with Crippen LogP contribution in [0, 0.1) is 0 Å². The minimum atomic E-state index is -0.862. The third-order valence-electron chi connectivity index (χ3n) is 3.40. The lowest BCUT2D eigenvalue weighted by Gasteiger charge is -2.06. The average Bonchev–Trinajstić information content (AvgIpc) is 2.65. The number of phenolic OH excluding ortho intramolecular Hbond substituents is 1. The van der Waals surface area contributed by atoms with Crippen LogP contribution in [-0.4, -0.2) is 36.8 Å². The lowest BCUT2D eigenvalue weighted by atomic mass is 10.1. The molecule has 0 unspecified atom stereocenters. The van der Waals surface area contributed by atoms with Gasteiger partial charge in [-0.05, 0) is 45.6 Å². The number of phenols is 1. The molecule has 2 amide bonds. The number of nitrogens with zero attached hydrogens (tertiary/aromatic N) is 1. The maximum absolute atomic E-state index is 11.7. The van der Waals surface area contributed by atoms with Crippen molar-refractivity contribution in [2.45, 2.75) is 6.42 Å². The monoisotopic (exact) mass is 419 g/mol. The Morgan fingerprint density at radius 1 is 1.23 bits per heavy atom. The van der Waals surface area contributed by atoms with Gasteiger partial charge in [0.15, 0.2) is 11.5 Å². The highest BCUT2D eigenvalue weighted by atomic mass is 79.9. The normalized spacial score (nSPS) is 10.5. The van der Waals surface area contributed by atoms with Gasteiger partial charge in [0.25, 0.3) is 0 Å². The van der Waals surface area contributed by atoms with E-state index in [0.29, 0.717) is 23.0 Å². The van der Waals surface area contributed by atoms with Crippen molar-refractivity contribution in [1.82, 2.24) is 10.7 Å². The molecule has 0 radical (unpaired) electrons.